The first kappa shape index (κ1) is 28.0. The predicted molar refractivity (Wildman–Crippen MR) is 159 cm³/mol. The molecule has 0 N–H and O–H groups in total. The summed E-state index contributed by atoms with van der Waals surface area (Å²) in [6.07, 6.45) is 2.47. The number of thioether (sulfide) groups is 1. The number of hydrogen-bond donors (Lipinski definition) is 0. The van der Waals surface area contributed by atoms with Gasteiger partial charge in [-0.15, -0.1) is 0 Å². The van der Waals surface area contributed by atoms with Gasteiger partial charge in [-0.1, -0.05) is 78.0 Å². The van der Waals surface area contributed by atoms with E-state index in [1.54, 1.807) is 17.0 Å². The topological polar surface area (TPSA) is 48.0 Å². The van der Waals surface area contributed by atoms with Crippen LogP contribution in [-0.4, -0.2) is 34.9 Å². The Balaban J connectivity index is 1.41. The Morgan fingerprint density at radius 1 is 0.974 bits per heavy atom. The first-order chi connectivity index (χ1) is 18.4. The first-order valence-electron chi connectivity index (χ1n) is 12.4. The Hall–Kier alpha value is -3.00. The lowest BCUT2D eigenvalue weighted by atomic mass is 10.1. The maximum absolute atomic E-state index is 13.1. The van der Waals surface area contributed by atoms with Gasteiger partial charge in [0.2, 0.25) is 0 Å². The average molecular weight is 568 g/mol. The predicted octanol–water partition coefficient (Wildman–Crippen LogP) is 7.60. The van der Waals surface area contributed by atoms with Gasteiger partial charge in [-0.2, -0.15) is 0 Å². The Kier molecular flexibility index (Phi) is 9.72. The van der Waals surface area contributed by atoms with Crippen LogP contribution < -0.4 is 14.2 Å². The average Bonchev–Trinajstić information content (AvgIpc) is 3.15. The molecule has 1 heterocycles. The minimum Gasteiger partial charge on any atom is -0.493 e. The number of ether oxygens (including phenoxy) is 3. The smallest absolute Gasteiger partial charge is 0.266 e. The van der Waals surface area contributed by atoms with Gasteiger partial charge < -0.3 is 14.2 Å². The van der Waals surface area contributed by atoms with Crippen molar-refractivity contribution in [3.8, 4) is 17.2 Å². The number of thiocarbonyl (C=S) groups is 1. The zero-order valence-electron chi connectivity index (χ0n) is 21.7. The van der Waals surface area contributed by atoms with Gasteiger partial charge >= 0.3 is 0 Å². The fourth-order valence-electron chi connectivity index (χ4n) is 3.92. The van der Waals surface area contributed by atoms with Gasteiger partial charge in [0.05, 0.1) is 36.3 Å². The number of carbonyl (C=O) groups is 1. The molecular weight excluding hydrogens is 538 g/mol. The van der Waals surface area contributed by atoms with Crippen molar-refractivity contribution in [2.45, 2.75) is 33.7 Å². The lowest BCUT2D eigenvalue weighted by Gasteiger charge is -2.15. The Labute approximate surface area is 238 Å². The minimum atomic E-state index is -0.123. The zero-order chi connectivity index (χ0) is 27.1. The molecule has 0 aliphatic carbocycles. The van der Waals surface area contributed by atoms with Crippen molar-refractivity contribution in [1.29, 1.82) is 0 Å². The van der Waals surface area contributed by atoms with Crippen LogP contribution in [0.5, 0.6) is 17.2 Å². The SMILES string of the molecule is CCOc1cc(/C=C2/SC(=S)N(Cc3ccccc3)C2=O)cc(Cl)c1OCCCOc1cccc(C)c1C. The number of hydrogen-bond acceptors (Lipinski definition) is 6. The van der Waals surface area contributed by atoms with E-state index in [9.17, 15) is 4.79 Å². The molecule has 38 heavy (non-hydrogen) atoms. The molecule has 0 radical (unpaired) electrons. The molecule has 3 aromatic rings. The number of aryl methyl sites for hydroxylation is 1. The molecule has 0 unspecified atom stereocenters. The largest absolute Gasteiger partial charge is 0.493 e. The van der Waals surface area contributed by atoms with E-state index >= 15 is 0 Å². The van der Waals surface area contributed by atoms with E-state index in [-0.39, 0.29) is 5.91 Å². The van der Waals surface area contributed by atoms with Crippen LogP contribution in [0, 0.1) is 13.8 Å². The minimum absolute atomic E-state index is 0.123. The number of amides is 1. The summed E-state index contributed by atoms with van der Waals surface area (Å²) >= 11 is 13.4. The number of nitrogens with zero attached hydrogens (tertiary/aromatic N) is 1. The Bertz CT molecular complexity index is 1340. The van der Waals surface area contributed by atoms with Gasteiger partial charge in [0.25, 0.3) is 5.91 Å². The number of carbonyl (C=O) groups excluding carboxylic acids is 1. The van der Waals surface area contributed by atoms with E-state index in [2.05, 4.69) is 19.9 Å². The highest BCUT2D eigenvalue weighted by Crippen LogP contribution is 2.39. The summed E-state index contributed by atoms with van der Waals surface area (Å²) < 4.78 is 18.3. The van der Waals surface area contributed by atoms with Crippen molar-refractivity contribution in [3.63, 3.8) is 0 Å². The van der Waals surface area contributed by atoms with E-state index < -0.39 is 0 Å². The van der Waals surface area contributed by atoms with E-state index in [4.69, 9.17) is 38.0 Å². The van der Waals surface area contributed by atoms with Crippen LogP contribution in [0.2, 0.25) is 5.02 Å². The molecule has 1 amide bonds. The number of rotatable bonds is 11. The van der Waals surface area contributed by atoms with Crippen LogP contribution >= 0.6 is 35.6 Å². The van der Waals surface area contributed by atoms with Crippen LogP contribution in [0.15, 0.2) is 65.6 Å². The van der Waals surface area contributed by atoms with E-state index in [0.717, 1.165) is 22.4 Å². The maximum atomic E-state index is 13.1. The van der Waals surface area contributed by atoms with E-state index in [0.29, 0.717) is 58.5 Å². The molecule has 1 aliphatic heterocycles. The van der Waals surface area contributed by atoms with Crippen LogP contribution in [-0.2, 0) is 11.3 Å². The molecule has 1 saturated heterocycles. The highest BCUT2D eigenvalue weighted by atomic mass is 35.5. The third kappa shape index (κ3) is 6.90. The quantitative estimate of drug-likeness (QED) is 0.135. The standard InChI is InChI=1S/C30H30ClNO4S2/c1-4-34-26-17-23(18-27-29(33)32(30(37)38-27)19-22-11-6-5-7-12-22)16-24(31)28(26)36-15-9-14-35-25-13-8-10-20(2)21(25)3/h5-8,10-13,16-18H,4,9,14-15,19H2,1-3H3/b27-18+. The maximum Gasteiger partial charge on any atom is 0.266 e. The fraction of sp³-hybridized carbons (Fsp3) is 0.267. The molecule has 0 spiro atoms. The van der Waals surface area contributed by atoms with Crippen LogP contribution in [0.3, 0.4) is 0 Å². The van der Waals surface area contributed by atoms with Gasteiger partial charge in [0, 0.05) is 6.42 Å². The summed E-state index contributed by atoms with van der Waals surface area (Å²) in [4.78, 5) is 15.2. The second-order valence-electron chi connectivity index (χ2n) is 8.76. The lowest BCUT2D eigenvalue weighted by Crippen LogP contribution is -2.27. The van der Waals surface area contributed by atoms with Crippen molar-refractivity contribution in [2.24, 2.45) is 0 Å². The number of halogens is 1. The first-order valence-corrected chi connectivity index (χ1v) is 14.0. The van der Waals surface area contributed by atoms with Gasteiger partial charge in [0.15, 0.2) is 11.5 Å². The molecule has 0 bridgehead atoms. The summed E-state index contributed by atoms with van der Waals surface area (Å²) in [5.74, 6) is 1.77. The molecule has 1 fully saturated rings. The molecule has 4 rings (SSSR count). The molecule has 0 aromatic heterocycles. The summed E-state index contributed by atoms with van der Waals surface area (Å²) in [7, 11) is 0. The summed E-state index contributed by atoms with van der Waals surface area (Å²) in [5, 5.41) is 0.414. The van der Waals surface area contributed by atoms with Crippen LogP contribution in [0.4, 0.5) is 0 Å². The van der Waals surface area contributed by atoms with Crippen LogP contribution in [0.1, 0.15) is 35.6 Å². The van der Waals surface area contributed by atoms with E-state index in [1.165, 1.54) is 17.3 Å². The molecule has 198 valence electrons. The highest BCUT2D eigenvalue weighted by molar-refractivity contribution is 8.26. The lowest BCUT2D eigenvalue weighted by molar-refractivity contribution is -0.122. The molecule has 1 aliphatic rings. The van der Waals surface area contributed by atoms with Crippen LogP contribution in [0.25, 0.3) is 6.08 Å². The monoisotopic (exact) mass is 567 g/mol. The Morgan fingerprint density at radius 2 is 1.74 bits per heavy atom. The molecule has 0 saturated carbocycles. The highest BCUT2D eigenvalue weighted by Gasteiger charge is 2.32. The van der Waals surface area contributed by atoms with Gasteiger partial charge in [-0.25, -0.2) is 0 Å². The third-order valence-electron chi connectivity index (χ3n) is 6.03. The summed E-state index contributed by atoms with van der Waals surface area (Å²) in [6, 6.07) is 19.4. The molecule has 5 nitrogen and oxygen atoms in total. The van der Waals surface area contributed by atoms with Gasteiger partial charge in [0.1, 0.15) is 10.1 Å². The molecule has 3 aromatic carbocycles. The second kappa shape index (κ2) is 13.2. The fourth-order valence-corrected chi connectivity index (χ4v) is 5.45. The van der Waals surface area contributed by atoms with Gasteiger partial charge in [-0.05, 0) is 67.3 Å². The Morgan fingerprint density at radius 3 is 2.50 bits per heavy atom. The normalized spacial score (nSPS) is 14.3. The van der Waals surface area contributed by atoms with Gasteiger partial charge in [-0.3, -0.25) is 9.69 Å². The van der Waals surface area contributed by atoms with Crippen molar-refractivity contribution in [3.05, 3.63) is 92.8 Å². The van der Waals surface area contributed by atoms with Crippen molar-refractivity contribution < 1.29 is 19.0 Å². The van der Waals surface area contributed by atoms with Crippen molar-refractivity contribution in [2.75, 3.05) is 19.8 Å². The number of benzene rings is 3. The molecule has 0 atom stereocenters. The molecular formula is C30H30ClNO4S2. The van der Waals surface area contributed by atoms with Crippen molar-refractivity contribution >= 4 is 51.9 Å². The zero-order valence-corrected chi connectivity index (χ0v) is 24.0. The van der Waals surface area contributed by atoms with Crippen molar-refractivity contribution in [1.82, 2.24) is 4.90 Å². The molecule has 8 heteroatoms. The summed E-state index contributed by atoms with van der Waals surface area (Å²) in [5.41, 5.74) is 4.10. The summed E-state index contributed by atoms with van der Waals surface area (Å²) in [6.45, 7) is 7.85. The second-order valence-corrected chi connectivity index (χ2v) is 10.8. The third-order valence-corrected chi connectivity index (χ3v) is 7.69. The van der Waals surface area contributed by atoms with E-state index in [1.807, 2.05) is 55.5 Å².